The van der Waals surface area contributed by atoms with Crippen LogP contribution in [0.15, 0.2) is 23.2 Å². The zero-order valence-electron chi connectivity index (χ0n) is 14.1. The molecular weight excluding hydrogens is 394 g/mol. The van der Waals surface area contributed by atoms with Crippen LogP contribution in [0.25, 0.3) is 0 Å². The molecule has 0 saturated heterocycles. The van der Waals surface area contributed by atoms with E-state index in [1.165, 1.54) is 6.07 Å². The Bertz CT molecular complexity index is 475. The van der Waals surface area contributed by atoms with Gasteiger partial charge in [0.15, 0.2) is 5.96 Å². The van der Waals surface area contributed by atoms with Gasteiger partial charge in [-0.15, -0.1) is 24.0 Å². The minimum Gasteiger partial charge on any atom is -0.356 e. The smallest absolute Gasteiger partial charge is 0.191 e. The molecule has 0 unspecified atom stereocenters. The Morgan fingerprint density at radius 3 is 2.50 bits per heavy atom. The largest absolute Gasteiger partial charge is 0.356 e. The van der Waals surface area contributed by atoms with E-state index in [1.54, 1.807) is 13.1 Å². The third-order valence-corrected chi connectivity index (χ3v) is 2.96. The van der Waals surface area contributed by atoms with E-state index < -0.39 is 0 Å². The summed E-state index contributed by atoms with van der Waals surface area (Å²) < 4.78 is 13.7. The van der Waals surface area contributed by atoms with Crippen molar-refractivity contribution < 1.29 is 4.39 Å². The number of halogens is 2. The van der Waals surface area contributed by atoms with Crippen molar-refractivity contribution in [2.75, 3.05) is 27.7 Å². The second-order valence-corrected chi connectivity index (χ2v) is 5.86. The van der Waals surface area contributed by atoms with Crippen molar-refractivity contribution in [2.45, 2.75) is 26.9 Å². The second-order valence-electron chi connectivity index (χ2n) is 5.86. The quantitative estimate of drug-likeness (QED) is 0.421. The summed E-state index contributed by atoms with van der Waals surface area (Å²) in [5.41, 5.74) is 1.75. The van der Waals surface area contributed by atoms with Gasteiger partial charge in [0, 0.05) is 32.2 Å². The van der Waals surface area contributed by atoms with Crippen LogP contribution >= 0.6 is 24.0 Å². The van der Waals surface area contributed by atoms with Crippen molar-refractivity contribution in [2.24, 2.45) is 10.9 Å². The van der Waals surface area contributed by atoms with Gasteiger partial charge in [0.25, 0.3) is 0 Å². The molecule has 1 aromatic carbocycles. The molecule has 0 fully saturated rings. The van der Waals surface area contributed by atoms with Crippen LogP contribution in [0, 0.1) is 11.7 Å². The fourth-order valence-electron chi connectivity index (χ4n) is 1.91. The predicted molar refractivity (Wildman–Crippen MR) is 102 cm³/mol. The third kappa shape index (κ3) is 7.93. The fourth-order valence-corrected chi connectivity index (χ4v) is 1.91. The Morgan fingerprint density at radius 1 is 1.27 bits per heavy atom. The first-order valence-corrected chi connectivity index (χ1v) is 7.29. The monoisotopic (exact) mass is 422 g/mol. The zero-order valence-corrected chi connectivity index (χ0v) is 16.4. The lowest BCUT2D eigenvalue weighted by Crippen LogP contribution is -2.38. The van der Waals surface area contributed by atoms with E-state index >= 15 is 0 Å². The summed E-state index contributed by atoms with van der Waals surface area (Å²) in [6.07, 6.45) is 0. The number of hydrogen-bond donors (Lipinski definition) is 2. The maximum Gasteiger partial charge on any atom is 0.191 e. The molecule has 0 atom stereocenters. The molecule has 0 aliphatic heterocycles. The van der Waals surface area contributed by atoms with Crippen LogP contribution in [0.2, 0.25) is 0 Å². The van der Waals surface area contributed by atoms with Crippen molar-refractivity contribution in [3.05, 3.63) is 35.1 Å². The molecule has 0 aliphatic carbocycles. The fraction of sp³-hybridized carbons (Fsp3) is 0.562. The molecule has 0 radical (unpaired) electrons. The summed E-state index contributed by atoms with van der Waals surface area (Å²) in [4.78, 5) is 6.13. The molecule has 0 saturated carbocycles. The molecule has 0 bridgehead atoms. The van der Waals surface area contributed by atoms with Crippen LogP contribution in [0.1, 0.15) is 25.0 Å². The van der Waals surface area contributed by atoms with Crippen LogP contribution < -0.4 is 10.6 Å². The molecular formula is C16H28FIN4. The molecule has 22 heavy (non-hydrogen) atoms. The molecule has 0 aromatic heterocycles. The number of rotatable bonds is 6. The van der Waals surface area contributed by atoms with Gasteiger partial charge in [0.1, 0.15) is 5.82 Å². The summed E-state index contributed by atoms with van der Waals surface area (Å²) in [7, 11) is 5.61. The number of hydrogen-bond acceptors (Lipinski definition) is 2. The van der Waals surface area contributed by atoms with Crippen LogP contribution in [0.4, 0.5) is 4.39 Å². The number of benzene rings is 1. The van der Waals surface area contributed by atoms with E-state index in [4.69, 9.17) is 0 Å². The van der Waals surface area contributed by atoms with Gasteiger partial charge in [0.2, 0.25) is 0 Å². The third-order valence-electron chi connectivity index (χ3n) is 2.96. The maximum atomic E-state index is 13.7. The minimum absolute atomic E-state index is 0. The number of guanidine groups is 1. The van der Waals surface area contributed by atoms with Crippen LogP contribution in [-0.2, 0) is 13.1 Å². The van der Waals surface area contributed by atoms with Gasteiger partial charge in [-0.1, -0.05) is 19.9 Å². The maximum absolute atomic E-state index is 13.7. The van der Waals surface area contributed by atoms with E-state index in [-0.39, 0.29) is 29.8 Å². The van der Waals surface area contributed by atoms with Gasteiger partial charge < -0.3 is 15.5 Å². The van der Waals surface area contributed by atoms with Crippen molar-refractivity contribution in [3.63, 3.8) is 0 Å². The highest BCUT2D eigenvalue weighted by Gasteiger charge is 2.06. The van der Waals surface area contributed by atoms with Crippen molar-refractivity contribution in [1.82, 2.24) is 15.5 Å². The Morgan fingerprint density at radius 2 is 1.95 bits per heavy atom. The first kappa shape index (κ1) is 21.1. The summed E-state index contributed by atoms with van der Waals surface area (Å²) in [5.74, 6) is 1.16. The number of nitrogens with zero attached hydrogens (tertiary/aromatic N) is 2. The Kier molecular flexibility index (Phi) is 10.3. The summed E-state index contributed by atoms with van der Waals surface area (Å²) >= 11 is 0. The molecule has 0 heterocycles. The normalized spacial score (nSPS) is 11.5. The van der Waals surface area contributed by atoms with Crippen molar-refractivity contribution in [1.29, 1.82) is 0 Å². The van der Waals surface area contributed by atoms with Crippen molar-refractivity contribution >= 4 is 29.9 Å². The molecule has 0 spiro atoms. The Labute approximate surface area is 150 Å². The topological polar surface area (TPSA) is 39.7 Å². The highest BCUT2D eigenvalue weighted by molar-refractivity contribution is 14.0. The molecule has 0 aliphatic rings. The van der Waals surface area contributed by atoms with Gasteiger partial charge in [-0.3, -0.25) is 4.99 Å². The first-order chi connectivity index (χ1) is 9.92. The predicted octanol–water partition coefficient (Wildman–Crippen LogP) is 2.83. The average Bonchev–Trinajstić information content (AvgIpc) is 2.41. The van der Waals surface area contributed by atoms with Gasteiger partial charge in [-0.2, -0.15) is 0 Å². The lowest BCUT2D eigenvalue weighted by molar-refractivity contribution is 0.392. The van der Waals surface area contributed by atoms with E-state index in [1.807, 2.05) is 25.1 Å². The average molecular weight is 422 g/mol. The van der Waals surface area contributed by atoms with Crippen LogP contribution in [-0.4, -0.2) is 38.5 Å². The lowest BCUT2D eigenvalue weighted by atomic mass is 10.1. The molecule has 6 heteroatoms. The molecule has 2 N–H and O–H groups in total. The SMILES string of the molecule is CN=C(NCc1ccc(F)c(CN(C)C)c1)NCC(C)C.I. The highest BCUT2D eigenvalue weighted by Crippen LogP contribution is 2.12. The van der Waals surface area contributed by atoms with Gasteiger partial charge in [-0.25, -0.2) is 4.39 Å². The van der Waals surface area contributed by atoms with E-state index in [0.29, 0.717) is 24.6 Å². The summed E-state index contributed by atoms with van der Waals surface area (Å²) in [5, 5.41) is 6.50. The number of nitrogens with one attached hydrogen (secondary N) is 2. The molecule has 1 rings (SSSR count). The minimum atomic E-state index is -0.158. The molecule has 1 aromatic rings. The van der Waals surface area contributed by atoms with Gasteiger partial charge in [-0.05, 0) is 37.7 Å². The standard InChI is InChI=1S/C16H27FN4.HI/c1-12(2)9-19-16(18-3)20-10-13-6-7-15(17)14(8-13)11-21(4)5;/h6-8,12H,9-11H2,1-5H3,(H2,18,19,20);1H. The van der Waals surface area contributed by atoms with Crippen LogP contribution in [0.3, 0.4) is 0 Å². The number of aliphatic imine (C=N–C) groups is 1. The molecule has 4 nitrogen and oxygen atoms in total. The summed E-state index contributed by atoms with van der Waals surface area (Å²) in [6, 6.07) is 5.23. The first-order valence-electron chi connectivity index (χ1n) is 7.29. The van der Waals surface area contributed by atoms with Crippen molar-refractivity contribution in [3.8, 4) is 0 Å². The highest BCUT2D eigenvalue weighted by atomic mass is 127. The van der Waals surface area contributed by atoms with E-state index in [9.17, 15) is 4.39 Å². The van der Waals surface area contributed by atoms with E-state index in [2.05, 4.69) is 29.5 Å². The lowest BCUT2D eigenvalue weighted by Gasteiger charge is -2.15. The Hall–Kier alpha value is -0.890. The van der Waals surface area contributed by atoms with Gasteiger partial charge in [0.05, 0.1) is 0 Å². The van der Waals surface area contributed by atoms with E-state index in [0.717, 1.165) is 18.1 Å². The summed E-state index contributed by atoms with van der Waals surface area (Å²) in [6.45, 7) is 6.38. The van der Waals surface area contributed by atoms with Crippen LogP contribution in [0.5, 0.6) is 0 Å². The second kappa shape index (κ2) is 10.8. The molecule has 126 valence electrons. The zero-order chi connectivity index (χ0) is 15.8. The van der Waals surface area contributed by atoms with Gasteiger partial charge >= 0.3 is 0 Å². The molecule has 0 amide bonds. The Balaban J connectivity index is 0.00000441.